The number of carbonyl (C=O) groups is 1. The normalized spacial score (nSPS) is 13.9. The van der Waals surface area contributed by atoms with Gasteiger partial charge < -0.3 is 21.3 Å². The predicted molar refractivity (Wildman–Crippen MR) is 117 cm³/mol. The largest absolute Gasteiger partial charge is 0.465 e. The highest BCUT2D eigenvalue weighted by Gasteiger charge is 2.24. The molecule has 0 aliphatic carbocycles. The first-order chi connectivity index (χ1) is 14.5. The third kappa shape index (κ3) is 6.40. The van der Waals surface area contributed by atoms with E-state index in [1.807, 2.05) is 66.7 Å². The van der Waals surface area contributed by atoms with E-state index in [9.17, 15) is 15.0 Å². The molecule has 5 N–H and O–H groups in total. The third-order valence-electron chi connectivity index (χ3n) is 5.08. The van der Waals surface area contributed by atoms with E-state index in [0.717, 1.165) is 22.3 Å². The van der Waals surface area contributed by atoms with Crippen LogP contribution in [-0.2, 0) is 12.8 Å². The van der Waals surface area contributed by atoms with E-state index in [1.54, 1.807) is 12.4 Å². The van der Waals surface area contributed by atoms with Crippen LogP contribution in [0.5, 0.6) is 0 Å². The molecular formula is C24H27N3O3. The standard InChI is InChI=1S/C24H27N3O3/c25-21(14-17-4-2-1-3-5-17)16-23(28)22(27-24(29)30)15-18-6-8-19(9-7-18)20-10-12-26-13-11-20/h1-13,21-23,27-28H,14-16,25H2,(H,29,30)/t21-,22-,23+/m0/s1. The number of nitrogens with zero attached hydrogens (tertiary/aromatic N) is 1. The van der Waals surface area contributed by atoms with Crippen LogP contribution in [0.25, 0.3) is 11.1 Å². The monoisotopic (exact) mass is 405 g/mol. The van der Waals surface area contributed by atoms with Gasteiger partial charge in [0.05, 0.1) is 12.1 Å². The molecule has 30 heavy (non-hydrogen) atoms. The van der Waals surface area contributed by atoms with Crippen LogP contribution in [0.4, 0.5) is 4.79 Å². The van der Waals surface area contributed by atoms with Crippen molar-refractivity contribution < 1.29 is 15.0 Å². The molecule has 1 aromatic heterocycles. The summed E-state index contributed by atoms with van der Waals surface area (Å²) in [5.41, 5.74) is 10.3. The molecule has 0 aliphatic heterocycles. The second kappa shape index (κ2) is 10.5. The van der Waals surface area contributed by atoms with Gasteiger partial charge in [-0.1, -0.05) is 54.6 Å². The van der Waals surface area contributed by atoms with Gasteiger partial charge in [0.15, 0.2) is 0 Å². The Morgan fingerprint density at radius 3 is 2.13 bits per heavy atom. The number of carboxylic acid groups (broad SMARTS) is 1. The highest BCUT2D eigenvalue weighted by molar-refractivity contribution is 5.65. The molecule has 6 nitrogen and oxygen atoms in total. The molecule has 6 heteroatoms. The zero-order chi connectivity index (χ0) is 21.3. The van der Waals surface area contributed by atoms with Crippen LogP contribution in [-0.4, -0.2) is 39.5 Å². The molecule has 0 saturated heterocycles. The Labute approximate surface area is 176 Å². The van der Waals surface area contributed by atoms with Gasteiger partial charge in [0.1, 0.15) is 0 Å². The van der Waals surface area contributed by atoms with Crippen molar-refractivity contribution in [2.24, 2.45) is 5.73 Å². The quantitative estimate of drug-likeness (QED) is 0.437. The van der Waals surface area contributed by atoms with Gasteiger partial charge in [-0.25, -0.2) is 4.79 Å². The van der Waals surface area contributed by atoms with Crippen molar-refractivity contribution in [2.45, 2.75) is 37.5 Å². The van der Waals surface area contributed by atoms with E-state index in [4.69, 9.17) is 5.73 Å². The minimum atomic E-state index is -1.16. The molecule has 3 atom stereocenters. The maximum Gasteiger partial charge on any atom is 0.404 e. The number of aromatic nitrogens is 1. The fraction of sp³-hybridized carbons (Fsp3) is 0.250. The van der Waals surface area contributed by atoms with E-state index < -0.39 is 18.2 Å². The van der Waals surface area contributed by atoms with Crippen molar-refractivity contribution in [3.8, 4) is 11.1 Å². The maximum atomic E-state index is 11.3. The number of amides is 1. The second-order valence-electron chi connectivity index (χ2n) is 7.45. The molecule has 0 unspecified atom stereocenters. The van der Waals surface area contributed by atoms with E-state index >= 15 is 0 Å². The Bertz CT molecular complexity index is 917. The first kappa shape index (κ1) is 21.5. The summed E-state index contributed by atoms with van der Waals surface area (Å²) in [6.07, 6.45) is 2.73. The Morgan fingerprint density at radius 2 is 1.50 bits per heavy atom. The maximum absolute atomic E-state index is 11.3. The molecule has 1 amide bonds. The molecule has 0 spiro atoms. The van der Waals surface area contributed by atoms with E-state index in [2.05, 4.69) is 10.3 Å². The highest BCUT2D eigenvalue weighted by atomic mass is 16.4. The minimum absolute atomic E-state index is 0.269. The van der Waals surface area contributed by atoms with Gasteiger partial charge in [-0.2, -0.15) is 0 Å². The number of rotatable bonds is 9. The van der Waals surface area contributed by atoms with Crippen LogP contribution in [0.1, 0.15) is 17.5 Å². The van der Waals surface area contributed by atoms with Crippen molar-refractivity contribution in [3.63, 3.8) is 0 Å². The van der Waals surface area contributed by atoms with Crippen LogP contribution in [0.3, 0.4) is 0 Å². The fourth-order valence-corrected chi connectivity index (χ4v) is 3.55. The number of aliphatic hydroxyl groups is 1. The van der Waals surface area contributed by atoms with Gasteiger partial charge in [-0.15, -0.1) is 0 Å². The Morgan fingerprint density at radius 1 is 0.900 bits per heavy atom. The lowest BCUT2D eigenvalue weighted by Crippen LogP contribution is -2.46. The molecule has 0 fully saturated rings. The lowest BCUT2D eigenvalue weighted by Gasteiger charge is -2.25. The van der Waals surface area contributed by atoms with Gasteiger partial charge >= 0.3 is 6.09 Å². The molecular weight excluding hydrogens is 378 g/mol. The highest BCUT2D eigenvalue weighted by Crippen LogP contribution is 2.20. The molecule has 3 aromatic rings. The Hall–Kier alpha value is -3.22. The zero-order valence-corrected chi connectivity index (χ0v) is 16.7. The summed E-state index contributed by atoms with van der Waals surface area (Å²) in [5, 5.41) is 22.3. The van der Waals surface area contributed by atoms with Gasteiger partial charge in [-0.05, 0) is 53.6 Å². The average Bonchev–Trinajstić information content (AvgIpc) is 2.74. The summed E-state index contributed by atoms with van der Waals surface area (Å²) in [5.74, 6) is 0. The van der Waals surface area contributed by atoms with Crippen LogP contribution < -0.4 is 11.1 Å². The van der Waals surface area contributed by atoms with Crippen molar-refractivity contribution in [1.29, 1.82) is 0 Å². The fourth-order valence-electron chi connectivity index (χ4n) is 3.55. The lowest BCUT2D eigenvalue weighted by molar-refractivity contribution is 0.105. The number of aliphatic hydroxyl groups excluding tert-OH is 1. The smallest absolute Gasteiger partial charge is 0.404 e. The van der Waals surface area contributed by atoms with Gasteiger partial charge in [0.25, 0.3) is 0 Å². The van der Waals surface area contributed by atoms with Crippen LogP contribution in [0.15, 0.2) is 79.1 Å². The summed E-state index contributed by atoms with van der Waals surface area (Å²) < 4.78 is 0. The number of hydrogen-bond acceptors (Lipinski definition) is 4. The van der Waals surface area contributed by atoms with E-state index in [0.29, 0.717) is 19.3 Å². The topological polar surface area (TPSA) is 108 Å². The van der Waals surface area contributed by atoms with E-state index in [-0.39, 0.29) is 6.04 Å². The van der Waals surface area contributed by atoms with Crippen LogP contribution in [0, 0.1) is 0 Å². The van der Waals surface area contributed by atoms with Crippen LogP contribution in [0.2, 0.25) is 0 Å². The van der Waals surface area contributed by atoms with Gasteiger partial charge in [0, 0.05) is 18.4 Å². The van der Waals surface area contributed by atoms with Crippen LogP contribution >= 0.6 is 0 Å². The van der Waals surface area contributed by atoms with Crippen molar-refractivity contribution in [3.05, 3.63) is 90.3 Å². The summed E-state index contributed by atoms with van der Waals surface area (Å²) in [6.45, 7) is 0. The van der Waals surface area contributed by atoms with Crippen molar-refractivity contribution in [1.82, 2.24) is 10.3 Å². The number of nitrogens with two attached hydrogens (primary N) is 1. The molecule has 2 aromatic carbocycles. The number of nitrogens with one attached hydrogen (secondary N) is 1. The number of benzene rings is 2. The molecule has 0 radical (unpaired) electrons. The third-order valence-corrected chi connectivity index (χ3v) is 5.08. The van der Waals surface area contributed by atoms with Crippen molar-refractivity contribution >= 4 is 6.09 Å². The van der Waals surface area contributed by atoms with Gasteiger partial charge in [0.2, 0.25) is 0 Å². The molecule has 0 aliphatic rings. The minimum Gasteiger partial charge on any atom is -0.465 e. The summed E-state index contributed by atoms with van der Waals surface area (Å²) in [7, 11) is 0. The van der Waals surface area contributed by atoms with Crippen molar-refractivity contribution in [2.75, 3.05) is 0 Å². The molecule has 156 valence electrons. The molecule has 1 heterocycles. The van der Waals surface area contributed by atoms with Gasteiger partial charge in [-0.3, -0.25) is 4.98 Å². The first-order valence-corrected chi connectivity index (χ1v) is 9.97. The van der Waals surface area contributed by atoms with E-state index in [1.165, 1.54) is 0 Å². The molecule has 3 rings (SSSR count). The Balaban J connectivity index is 1.64. The summed E-state index contributed by atoms with van der Waals surface area (Å²) in [6, 6.07) is 20.6. The summed E-state index contributed by atoms with van der Waals surface area (Å²) >= 11 is 0. The number of pyridine rings is 1. The SMILES string of the molecule is N[C@@H](Cc1ccccc1)C[C@@H](O)[C@H](Cc1ccc(-c2ccncc2)cc1)NC(=O)O. The number of hydrogen-bond donors (Lipinski definition) is 4. The molecule has 0 bridgehead atoms. The predicted octanol–water partition coefficient (Wildman–Crippen LogP) is 3.25. The molecule has 0 saturated carbocycles. The average molecular weight is 405 g/mol. The zero-order valence-electron chi connectivity index (χ0n) is 16.7. The first-order valence-electron chi connectivity index (χ1n) is 9.97. The Kier molecular flexibility index (Phi) is 7.54. The lowest BCUT2D eigenvalue weighted by atomic mass is 9.93. The summed E-state index contributed by atoms with van der Waals surface area (Å²) in [4.78, 5) is 15.3. The second-order valence-corrected chi connectivity index (χ2v) is 7.45.